The maximum absolute atomic E-state index is 11.6. The van der Waals surface area contributed by atoms with Crippen molar-refractivity contribution in [3.8, 4) is 0 Å². The van der Waals surface area contributed by atoms with Crippen molar-refractivity contribution in [2.45, 2.75) is 39.2 Å². The zero-order valence-electron chi connectivity index (χ0n) is 12.4. The minimum absolute atomic E-state index is 0.0899. The lowest BCUT2D eigenvalue weighted by atomic mass is 9.96. The number of nitrogens with one attached hydrogen (secondary N) is 1. The molecule has 0 radical (unpaired) electrons. The van der Waals surface area contributed by atoms with Crippen LogP contribution < -0.4 is 11.1 Å². The van der Waals surface area contributed by atoms with Crippen LogP contribution in [0.5, 0.6) is 0 Å². The van der Waals surface area contributed by atoms with Crippen molar-refractivity contribution in [3.63, 3.8) is 0 Å². The molecule has 1 aromatic heterocycles. The number of carbonyl (C=O) groups is 1. The van der Waals surface area contributed by atoms with Crippen LogP contribution in [-0.2, 0) is 11.2 Å². The number of anilines is 1. The Morgan fingerprint density at radius 3 is 2.76 bits per heavy atom. The number of benzene rings is 1. The summed E-state index contributed by atoms with van der Waals surface area (Å²) in [6.45, 7) is 3.86. The van der Waals surface area contributed by atoms with Crippen LogP contribution in [0.4, 0.5) is 5.69 Å². The van der Waals surface area contributed by atoms with Gasteiger partial charge in [0.2, 0.25) is 5.91 Å². The number of carbonyl (C=O) groups excluding carboxylic acids is 1. The van der Waals surface area contributed by atoms with E-state index in [0.29, 0.717) is 6.42 Å². The molecule has 1 aliphatic rings. The minimum atomic E-state index is -0.202. The van der Waals surface area contributed by atoms with Gasteiger partial charge in [0, 0.05) is 17.7 Å². The molecular formula is C17H20N2O2. The van der Waals surface area contributed by atoms with E-state index in [9.17, 15) is 4.79 Å². The molecule has 0 saturated carbocycles. The molecule has 2 aromatic rings. The highest BCUT2D eigenvalue weighted by Crippen LogP contribution is 2.29. The highest BCUT2D eigenvalue weighted by molar-refractivity contribution is 5.92. The van der Waals surface area contributed by atoms with Gasteiger partial charge < -0.3 is 15.5 Å². The van der Waals surface area contributed by atoms with Crippen LogP contribution in [0.3, 0.4) is 0 Å². The first-order valence-electron chi connectivity index (χ1n) is 7.30. The molecule has 0 bridgehead atoms. The fourth-order valence-electron chi connectivity index (χ4n) is 2.93. The van der Waals surface area contributed by atoms with Crippen LogP contribution in [0.1, 0.15) is 47.1 Å². The number of furan rings is 1. The quantitative estimate of drug-likeness (QED) is 0.889. The van der Waals surface area contributed by atoms with Gasteiger partial charge in [-0.1, -0.05) is 12.1 Å². The topological polar surface area (TPSA) is 68.3 Å². The number of hydrogen-bond acceptors (Lipinski definition) is 3. The van der Waals surface area contributed by atoms with Crippen molar-refractivity contribution in [3.05, 3.63) is 52.5 Å². The third kappa shape index (κ3) is 2.72. The third-order valence-electron chi connectivity index (χ3n) is 4.03. The summed E-state index contributed by atoms with van der Waals surface area (Å²) in [6, 6.07) is 7.83. The summed E-state index contributed by atoms with van der Waals surface area (Å²) in [4.78, 5) is 11.6. The number of hydrogen-bond donors (Lipinski definition) is 2. The average molecular weight is 284 g/mol. The van der Waals surface area contributed by atoms with Gasteiger partial charge in [0.25, 0.3) is 0 Å². The second kappa shape index (κ2) is 5.37. The van der Waals surface area contributed by atoms with Crippen LogP contribution in [0.2, 0.25) is 0 Å². The molecule has 0 fully saturated rings. The molecule has 4 nitrogen and oxygen atoms in total. The molecule has 3 rings (SSSR count). The number of rotatable bonds is 2. The maximum atomic E-state index is 11.6. The molecular weight excluding hydrogens is 264 g/mol. The van der Waals surface area contributed by atoms with Gasteiger partial charge in [-0.05, 0) is 49.9 Å². The van der Waals surface area contributed by atoms with Crippen molar-refractivity contribution in [1.29, 1.82) is 0 Å². The maximum Gasteiger partial charge on any atom is 0.224 e. The van der Waals surface area contributed by atoms with E-state index in [0.717, 1.165) is 46.7 Å². The summed E-state index contributed by atoms with van der Waals surface area (Å²) in [7, 11) is 0. The third-order valence-corrected chi connectivity index (χ3v) is 4.03. The number of aryl methyl sites for hydroxylation is 3. The van der Waals surface area contributed by atoms with Crippen molar-refractivity contribution < 1.29 is 9.21 Å². The number of fused-ring (bicyclic) bond motifs is 1. The Hall–Kier alpha value is -2.07. The SMILES string of the molecule is Cc1cc(C(N)c2ccc3c(c2)CCCC(=O)N3)c(C)o1. The van der Waals surface area contributed by atoms with Gasteiger partial charge in [-0.2, -0.15) is 0 Å². The number of amides is 1. The summed E-state index contributed by atoms with van der Waals surface area (Å²) in [5.41, 5.74) is 10.5. The minimum Gasteiger partial charge on any atom is -0.466 e. The van der Waals surface area contributed by atoms with Crippen molar-refractivity contribution in [2.75, 3.05) is 5.32 Å². The van der Waals surface area contributed by atoms with E-state index in [4.69, 9.17) is 10.2 Å². The highest BCUT2D eigenvalue weighted by Gasteiger charge is 2.18. The first-order valence-corrected chi connectivity index (χ1v) is 7.30. The Bertz CT molecular complexity index is 688. The molecule has 0 spiro atoms. The van der Waals surface area contributed by atoms with Gasteiger partial charge in [0.15, 0.2) is 0 Å². The van der Waals surface area contributed by atoms with Crippen LogP contribution in [0, 0.1) is 13.8 Å². The van der Waals surface area contributed by atoms with Gasteiger partial charge in [0.05, 0.1) is 6.04 Å². The summed E-state index contributed by atoms with van der Waals surface area (Å²) < 4.78 is 5.57. The van der Waals surface area contributed by atoms with Crippen LogP contribution >= 0.6 is 0 Å². The summed E-state index contributed by atoms with van der Waals surface area (Å²) >= 11 is 0. The van der Waals surface area contributed by atoms with E-state index >= 15 is 0 Å². The Kier molecular flexibility index (Phi) is 3.55. The molecule has 0 aliphatic carbocycles. The zero-order chi connectivity index (χ0) is 15.0. The molecule has 21 heavy (non-hydrogen) atoms. The van der Waals surface area contributed by atoms with Gasteiger partial charge in [-0.15, -0.1) is 0 Å². The van der Waals surface area contributed by atoms with Crippen LogP contribution in [0.25, 0.3) is 0 Å². The summed E-state index contributed by atoms with van der Waals surface area (Å²) in [6.07, 6.45) is 2.36. The normalized spacial score (nSPS) is 16.0. The second-order valence-corrected chi connectivity index (χ2v) is 5.66. The summed E-state index contributed by atoms with van der Waals surface area (Å²) in [5, 5.41) is 2.95. The Morgan fingerprint density at radius 2 is 2.05 bits per heavy atom. The molecule has 1 atom stereocenters. The fraction of sp³-hybridized carbons (Fsp3) is 0.353. The Morgan fingerprint density at radius 1 is 1.24 bits per heavy atom. The highest BCUT2D eigenvalue weighted by atomic mass is 16.3. The Labute approximate surface area is 124 Å². The molecule has 110 valence electrons. The molecule has 1 aromatic carbocycles. The zero-order valence-corrected chi connectivity index (χ0v) is 12.4. The molecule has 3 N–H and O–H groups in total. The fourth-order valence-corrected chi connectivity index (χ4v) is 2.93. The van der Waals surface area contributed by atoms with Gasteiger partial charge in [-0.3, -0.25) is 4.79 Å². The Balaban J connectivity index is 1.95. The number of nitrogens with two attached hydrogens (primary N) is 1. The van der Waals surface area contributed by atoms with Gasteiger partial charge in [-0.25, -0.2) is 0 Å². The van der Waals surface area contributed by atoms with E-state index in [2.05, 4.69) is 11.4 Å². The van der Waals surface area contributed by atoms with Crippen molar-refractivity contribution in [1.82, 2.24) is 0 Å². The smallest absolute Gasteiger partial charge is 0.224 e. The predicted molar refractivity (Wildman–Crippen MR) is 82.2 cm³/mol. The average Bonchev–Trinajstić information content (AvgIpc) is 2.67. The van der Waals surface area contributed by atoms with Gasteiger partial charge >= 0.3 is 0 Å². The summed E-state index contributed by atoms with van der Waals surface area (Å²) in [5.74, 6) is 1.83. The van der Waals surface area contributed by atoms with E-state index in [1.807, 2.05) is 32.0 Å². The van der Waals surface area contributed by atoms with Crippen molar-refractivity contribution >= 4 is 11.6 Å². The van der Waals surface area contributed by atoms with Crippen LogP contribution in [0.15, 0.2) is 28.7 Å². The lowest BCUT2D eigenvalue weighted by Gasteiger charge is -2.14. The van der Waals surface area contributed by atoms with E-state index < -0.39 is 0 Å². The van der Waals surface area contributed by atoms with E-state index in [1.165, 1.54) is 0 Å². The molecule has 1 unspecified atom stereocenters. The van der Waals surface area contributed by atoms with E-state index in [1.54, 1.807) is 0 Å². The monoisotopic (exact) mass is 284 g/mol. The first kappa shape index (κ1) is 13.9. The molecule has 4 heteroatoms. The molecule has 1 aliphatic heterocycles. The molecule has 0 saturated heterocycles. The van der Waals surface area contributed by atoms with E-state index in [-0.39, 0.29) is 11.9 Å². The standard InChI is InChI=1S/C17H20N2O2/c1-10-8-14(11(2)21-10)17(18)13-6-7-15-12(9-13)4-3-5-16(20)19-15/h6-9,17H,3-5,18H2,1-2H3,(H,19,20). The van der Waals surface area contributed by atoms with Crippen LogP contribution in [-0.4, -0.2) is 5.91 Å². The van der Waals surface area contributed by atoms with Gasteiger partial charge in [0.1, 0.15) is 11.5 Å². The first-order chi connectivity index (χ1) is 10.0. The molecule has 1 amide bonds. The lowest BCUT2D eigenvalue weighted by Crippen LogP contribution is -2.13. The van der Waals surface area contributed by atoms with Crippen molar-refractivity contribution in [2.24, 2.45) is 5.73 Å². The predicted octanol–water partition coefficient (Wildman–Crippen LogP) is 3.22. The largest absolute Gasteiger partial charge is 0.466 e. The lowest BCUT2D eigenvalue weighted by molar-refractivity contribution is -0.116. The molecule has 2 heterocycles. The second-order valence-electron chi connectivity index (χ2n) is 5.66.